The summed E-state index contributed by atoms with van der Waals surface area (Å²) in [6.45, 7) is 0. The number of thiazole rings is 1. The van der Waals surface area contributed by atoms with Crippen molar-refractivity contribution in [1.82, 2.24) is 25.2 Å². The van der Waals surface area contributed by atoms with Crippen LogP contribution >= 0.6 is 11.3 Å². The summed E-state index contributed by atoms with van der Waals surface area (Å²) in [7, 11) is 0. The van der Waals surface area contributed by atoms with Crippen LogP contribution in [-0.4, -0.2) is 25.2 Å². The maximum absolute atomic E-state index is 4.13. The Balaban J connectivity index is 1.97. The van der Waals surface area contributed by atoms with Gasteiger partial charge in [0.25, 0.3) is 0 Å². The van der Waals surface area contributed by atoms with Gasteiger partial charge in [-0.3, -0.25) is 0 Å². The average Bonchev–Trinajstić information content (AvgIpc) is 3.03. The standard InChI is InChI=1S/C10H6N5S/c1-3-9(15-6-12-13-14-15)4-2-8(1)10-5-16-7-11-10/h1-6H. The van der Waals surface area contributed by atoms with E-state index in [1.54, 1.807) is 11.0 Å². The predicted octanol–water partition coefficient (Wildman–Crippen LogP) is 1.59. The van der Waals surface area contributed by atoms with Gasteiger partial charge in [0.05, 0.1) is 11.4 Å². The third-order valence-electron chi connectivity index (χ3n) is 2.17. The molecule has 0 aliphatic rings. The van der Waals surface area contributed by atoms with Crippen molar-refractivity contribution in [3.8, 4) is 16.9 Å². The van der Waals surface area contributed by atoms with Gasteiger partial charge in [-0.1, -0.05) is 12.1 Å². The first kappa shape index (κ1) is 9.17. The van der Waals surface area contributed by atoms with Crippen LogP contribution in [0.25, 0.3) is 16.9 Å². The van der Waals surface area contributed by atoms with Gasteiger partial charge in [0.1, 0.15) is 6.33 Å². The third-order valence-corrected chi connectivity index (χ3v) is 2.70. The molecule has 0 N–H and O–H groups in total. The molecule has 0 spiro atoms. The molecule has 2 aromatic heterocycles. The zero-order chi connectivity index (χ0) is 10.8. The number of aromatic nitrogens is 5. The van der Waals surface area contributed by atoms with E-state index in [4.69, 9.17) is 0 Å². The molecule has 0 fully saturated rings. The monoisotopic (exact) mass is 228 g/mol. The molecule has 0 amide bonds. The minimum atomic E-state index is 0.924. The highest BCUT2D eigenvalue weighted by Gasteiger charge is 2.01. The Bertz CT molecular complexity index is 503. The lowest BCUT2D eigenvalue weighted by Gasteiger charge is -2.00. The van der Waals surface area contributed by atoms with E-state index in [1.165, 1.54) is 11.3 Å². The fraction of sp³-hybridized carbons (Fsp3) is 0. The lowest BCUT2D eigenvalue weighted by atomic mass is 10.1. The average molecular weight is 228 g/mol. The first-order chi connectivity index (χ1) is 7.93. The van der Waals surface area contributed by atoms with Gasteiger partial charge in [0, 0.05) is 10.9 Å². The van der Waals surface area contributed by atoms with Crippen molar-refractivity contribution in [2.45, 2.75) is 0 Å². The van der Waals surface area contributed by atoms with Gasteiger partial charge in [-0.2, -0.15) is 0 Å². The second-order valence-electron chi connectivity index (χ2n) is 3.13. The quantitative estimate of drug-likeness (QED) is 0.668. The number of hydrogen-bond acceptors (Lipinski definition) is 5. The van der Waals surface area contributed by atoms with E-state index in [2.05, 4.69) is 26.0 Å². The Morgan fingerprint density at radius 3 is 2.69 bits per heavy atom. The number of rotatable bonds is 2. The van der Waals surface area contributed by atoms with Crippen molar-refractivity contribution in [3.63, 3.8) is 0 Å². The molecule has 16 heavy (non-hydrogen) atoms. The molecular weight excluding hydrogens is 222 g/mol. The predicted molar refractivity (Wildman–Crippen MR) is 59.1 cm³/mol. The summed E-state index contributed by atoms with van der Waals surface area (Å²) in [4.78, 5) is 4.13. The summed E-state index contributed by atoms with van der Waals surface area (Å²) in [5.41, 5.74) is 5.75. The van der Waals surface area contributed by atoms with Gasteiger partial charge in [0.2, 0.25) is 0 Å². The molecular formula is C10H6N5S. The molecule has 77 valence electrons. The van der Waals surface area contributed by atoms with E-state index in [1.807, 2.05) is 29.6 Å². The molecule has 0 unspecified atom stereocenters. The molecule has 5 nitrogen and oxygen atoms in total. The maximum atomic E-state index is 4.13. The lowest BCUT2D eigenvalue weighted by molar-refractivity contribution is 0.789. The van der Waals surface area contributed by atoms with E-state index < -0.39 is 0 Å². The van der Waals surface area contributed by atoms with Gasteiger partial charge < -0.3 is 0 Å². The van der Waals surface area contributed by atoms with Gasteiger partial charge in [-0.05, 0) is 22.6 Å². The summed E-state index contributed by atoms with van der Waals surface area (Å²) in [6.07, 6.45) is 1.56. The van der Waals surface area contributed by atoms with Crippen molar-refractivity contribution < 1.29 is 0 Å². The van der Waals surface area contributed by atoms with E-state index in [0.29, 0.717) is 0 Å². The van der Waals surface area contributed by atoms with Crippen LogP contribution in [0, 0.1) is 5.51 Å². The molecule has 0 aliphatic heterocycles. The minimum Gasteiger partial charge on any atom is -0.233 e. The van der Waals surface area contributed by atoms with Gasteiger partial charge in [0.15, 0.2) is 5.51 Å². The zero-order valence-electron chi connectivity index (χ0n) is 8.11. The van der Waals surface area contributed by atoms with Crippen molar-refractivity contribution >= 4 is 11.3 Å². The molecule has 3 aromatic rings. The number of tetrazole rings is 1. The highest BCUT2D eigenvalue weighted by Crippen LogP contribution is 2.19. The summed E-state index contributed by atoms with van der Waals surface area (Å²) in [5, 5.41) is 13.0. The van der Waals surface area contributed by atoms with E-state index >= 15 is 0 Å². The maximum Gasteiger partial charge on any atom is 0.152 e. The number of benzene rings is 1. The second kappa shape index (κ2) is 3.82. The van der Waals surface area contributed by atoms with Gasteiger partial charge in [-0.25, -0.2) is 9.67 Å². The topological polar surface area (TPSA) is 56.5 Å². The SMILES string of the molecule is [c]1nc(-c2ccc(-n3cnnn3)cc2)cs1. The van der Waals surface area contributed by atoms with E-state index in [0.717, 1.165) is 16.9 Å². The fourth-order valence-electron chi connectivity index (χ4n) is 1.38. The Morgan fingerprint density at radius 2 is 2.06 bits per heavy atom. The van der Waals surface area contributed by atoms with Crippen LogP contribution in [0.4, 0.5) is 0 Å². The number of nitrogens with zero attached hydrogens (tertiary/aromatic N) is 5. The van der Waals surface area contributed by atoms with Crippen molar-refractivity contribution in [2.75, 3.05) is 0 Å². The van der Waals surface area contributed by atoms with Gasteiger partial charge >= 0.3 is 0 Å². The van der Waals surface area contributed by atoms with Crippen LogP contribution in [0.5, 0.6) is 0 Å². The highest BCUT2D eigenvalue weighted by molar-refractivity contribution is 7.07. The Morgan fingerprint density at radius 1 is 1.19 bits per heavy atom. The molecule has 1 radical (unpaired) electrons. The molecule has 6 heteroatoms. The molecule has 0 saturated carbocycles. The molecule has 0 saturated heterocycles. The van der Waals surface area contributed by atoms with E-state index in [9.17, 15) is 0 Å². The molecule has 1 aromatic carbocycles. The Hall–Kier alpha value is -2.08. The summed E-state index contributed by atoms with van der Waals surface area (Å²) >= 11 is 1.46. The van der Waals surface area contributed by atoms with Crippen LogP contribution in [-0.2, 0) is 0 Å². The van der Waals surface area contributed by atoms with E-state index in [-0.39, 0.29) is 0 Å². The summed E-state index contributed by atoms with van der Waals surface area (Å²) in [5.74, 6) is 0. The Kier molecular flexibility index (Phi) is 2.19. The fourth-order valence-corrected chi connectivity index (χ4v) is 1.89. The molecule has 2 heterocycles. The van der Waals surface area contributed by atoms with Crippen molar-refractivity contribution in [1.29, 1.82) is 0 Å². The van der Waals surface area contributed by atoms with Crippen LogP contribution in [0.15, 0.2) is 36.0 Å². The number of hydrogen-bond donors (Lipinski definition) is 0. The zero-order valence-corrected chi connectivity index (χ0v) is 8.92. The molecule has 0 aliphatic carbocycles. The normalized spacial score (nSPS) is 10.5. The lowest BCUT2D eigenvalue weighted by Crippen LogP contribution is -1.94. The van der Waals surface area contributed by atoms with Crippen LogP contribution in [0.3, 0.4) is 0 Å². The second-order valence-corrected chi connectivity index (χ2v) is 3.78. The third kappa shape index (κ3) is 1.59. The largest absolute Gasteiger partial charge is 0.233 e. The van der Waals surface area contributed by atoms with Crippen LogP contribution in [0.2, 0.25) is 0 Å². The highest BCUT2D eigenvalue weighted by atomic mass is 32.1. The molecule has 3 rings (SSSR count). The van der Waals surface area contributed by atoms with Gasteiger partial charge in [-0.15, -0.1) is 16.4 Å². The first-order valence-corrected chi connectivity index (χ1v) is 5.47. The van der Waals surface area contributed by atoms with Crippen molar-refractivity contribution in [3.05, 3.63) is 41.5 Å². The van der Waals surface area contributed by atoms with Crippen molar-refractivity contribution in [2.24, 2.45) is 0 Å². The smallest absolute Gasteiger partial charge is 0.152 e. The Labute approximate surface area is 95.4 Å². The summed E-state index contributed by atoms with van der Waals surface area (Å²) in [6, 6.07) is 7.87. The molecule has 0 bridgehead atoms. The van der Waals surface area contributed by atoms with Crippen LogP contribution < -0.4 is 0 Å². The first-order valence-electron chi connectivity index (χ1n) is 4.59. The molecule has 0 atom stereocenters. The van der Waals surface area contributed by atoms with Crippen LogP contribution in [0.1, 0.15) is 0 Å². The minimum absolute atomic E-state index is 0.924. The summed E-state index contributed by atoms with van der Waals surface area (Å²) < 4.78 is 1.61.